The summed E-state index contributed by atoms with van der Waals surface area (Å²) in [6.45, 7) is 6.28. The highest BCUT2D eigenvalue weighted by atomic mass is 32.1. The van der Waals surface area contributed by atoms with Crippen molar-refractivity contribution in [1.29, 1.82) is 0 Å². The molecule has 1 rings (SSSR count). The van der Waals surface area contributed by atoms with Crippen LogP contribution in [0.15, 0.2) is 16.7 Å². The fourth-order valence-corrected chi connectivity index (χ4v) is 1.70. The van der Waals surface area contributed by atoms with Gasteiger partial charge in [0.05, 0.1) is 6.26 Å². The predicted octanol–water partition coefficient (Wildman–Crippen LogP) is 3.35. The van der Waals surface area contributed by atoms with E-state index in [4.69, 9.17) is 16.6 Å². The van der Waals surface area contributed by atoms with Crippen molar-refractivity contribution < 1.29 is 4.42 Å². The highest BCUT2D eigenvalue weighted by molar-refractivity contribution is 7.80. The van der Waals surface area contributed by atoms with Crippen LogP contribution in [-0.4, -0.2) is 4.86 Å². The van der Waals surface area contributed by atoms with Crippen molar-refractivity contribution in [2.75, 3.05) is 0 Å². The lowest BCUT2D eigenvalue weighted by molar-refractivity contribution is 0.533. The average molecular weight is 182 g/mol. The van der Waals surface area contributed by atoms with E-state index in [2.05, 4.69) is 13.8 Å². The molecule has 0 saturated heterocycles. The molecule has 1 aromatic rings. The molecular formula is C10H14OS. The first-order valence-corrected chi connectivity index (χ1v) is 4.59. The SMILES string of the molecule is Cc1occc1C(=S)CC(C)C. The van der Waals surface area contributed by atoms with Crippen molar-refractivity contribution in [3.63, 3.8) is 0 Å². The standard InChI is InChI=1S/C10H14OS/c1-7(2)6-10(12)9-4-5-11-8(9)3/h4-5,7H,6H2,1-3H3. The van der Waals surface area contributed by atoms with Gasteiger partial charge >= 0.3 is 0 Å². The topological polar surface area (TPSA) is 13.1 Å². The van der Waals surface area contributed by atoms with Crippen molar-refractivity contribution in [2.45, 2.75) is 27.2 Å². The van der Waals surface area contributed by atoms with E-state index in [-0.39, 0.29) is 0 Å². The second-order valence-corrected chi connectivity index (χ2v) is 3.90. The van der Waals surface area contributed by atoms with Crippen molar-refractivity contribution in [1.82, 2.24) is 0 Å². The highest BCUT2D eigenvalue weighted by Crippen LogP contribution is 2.15. The zero-order valence-corrected chi connectivity index (χ0v) is 8.57. The molecular weight excluding hydrogens is 168 g/mol. The molecule has 0 aliphatic heterocycles. The minimum absolute atomic E-state index is 0.617. The molecule has 1 heterocycles. The van der Waals surface area contributed by atoms with Gasteiger partial charge in [0, 0.05) is 10.4 Å². The molecule has 0 radical (unpaired) electrons. The lowest BCUT2D eigenvalue weighted by Crippen LogP contribution is -2.01. The van der Waals surface area contributed by atoms with Crippen molar-refractivity contribution >= 4 is 17.1 Å². The molecule has 1 aromatic heterocycles. The molecule has 1 nitrogen and oxygen atoms in total. The van der Waals surface area contributed by atoms with Gasteiger partial charge in [0.1, 0.15) is 5.76 Å². The molecule has 2 heteroatoms. The minimum Gasteiger partial charge on any atom is -0.469 e. The van der Waals surface area contributed by atoms with E-state index in [1.807, 2.05) is 13.0 Å². The van der Waals surface area contributed by atoms with Crippen molar-refractivity contribution in [3.05, 3.63) is 23.7 Å². The Labute approximate surface area is 78.8 Å². The van der Waals surface area contributed by atoms with Crippen molar-refractivity contribution in [2.24, 2.45) is 5.92 Å². The molecule has 0 bridgehead atoms. The Morgan fingerprint density at radius 2 is 2.25 bits per heavy atom. The van der Waals surface area contributed by atoms with E-state index in [0.29, 0.717) is 5.92 Å². The third kappa shape index (κ3) is 2.18. The van der Waals surface area contributed by atoms with E-state index in [1.54, 1.807) is 6.26 Å². The van der Waals surface area contributed by atoms with Gasteiger partial charge in [0.25, 0.3) is 0 Å². The van der Waals surface area contributed by atoms with E-state index in [9.17, 15) is 0 Å². The largest absolute Gasteiger partial charge is 0.469 e. The van der Waals surface area contributed by atoms with Gasteiger partial charge in [0.2, 0.25) is 0 Å². The maximum absolute atomic E-state index is 5.28. The third-order valence-electron chi connectivity index (χ3n) is 1.75. The van der Waals surface area contributed by atoms with Crippen LogP contribution in [0.5, 0.6) is 0 Å². The summed E-state index contributed by atoms with van der Waals surface area (Å²) in [5.74, 6) is 1.55. The first kappa shape index (κ1) is 9.46. The van der Waals surface area contributed by atoms with Gasteiger partial charge in [-0.2, -0.15) is 0 Å². The second kappa shape index (κ2) is 3.85. The van der Waals surface area contributed by atoms with Gasteiger partial charge in [-0.05, 0) is 25.3 Å². The Morgan fingerprint density at radius 1 is 1.58 bits per heavy atom. The van der Waals surface area contributed by atoms with Crippen LogP contribution in [-0.2, 0) is 0 Å². The first-order valence-electron chi connectivity index (χ1n) is 4.18. The summed E-state index contributed by atoms with van der Waals surface area (Å²) in [6, 6.07) is 1.94. The summed E-state index contributed by atoms with van der Waals surface area (Å²) in [5, 5.41) is 0. The monoisotopic (exact) mass is 182 g/mol. The van der Waals surface area contributed by atoms with Crippen LogP contribution in [0.1, 0.15) is 31.6 Å². The number of aryl methyl sites for hydroxylation is 1. The minimum atomic E-state index is 0.617. The van der Waals surface area contributed by atoms with E-state index in [1.165, 1.54) is 0 Å². The Kier molecular flexibility index (Phi) is 3.04. The summed E-state index contributed by atoms with van der Waals surface area (Å²) in [5.41, 5.74) is 1.10. The van der Waals surface area contributed by atoms with Gasteiger partial charge < -0.3 is 4.42 Å². The molecule has 0 aliphatic carbocycles. The molecule has 0 fully saturated rings. The molecule has 0 aromatic carbocycles. The maximum atomic E-state index is 5.28. The molecule has 12 heavy (non-hydrogen) atoms. The normalized spacial score (nSPS) is 10.7. The zero-order chi connectivity index (χ0) is 9.14. The Balaban J connectivity index is 2.72. The number of hydrogen-bond acceptors (Lipinski definition) is 2. The first-order chi connectivity index (χ1) is 5.61. The smallest absolute Gasteiger partial charge is 0.108 e. The average Bonchev–Trinajstić information content (AvgIpc) is 2.33. The van der Waals surface area contributed by atoms with Crippen LogP contribution in [0.25, 0.3) is 0 Å². The highest BCUT2D eigenvalue weighted by Gasteiger charge is 2.08. The molecule has 0 N–H and O–H groups in total. The summed E-state index contributed by atoms with van der Waals surface area (Å²) >= 11 is 5.28. The van der Waals surface area contributed by atoms with Crippen molar-refractivity contribution in [3.8, 4) is 0 Å². The Hall–Kier alpha value is -0.630. The summed E-state index contributed by atoms with van der Waals surface area (Å²) < 4.78 is 5.18. The van der Waals surface area contributed by atoms with E-state index in [0.717, 1.165) is 22.6 Å². The third-order valence-corrected chi connectivity index (χ3v) is 2.14. The number of hydrogen-bond donors (Lipinski definition) is 0. The van der Waals surface area contributed by atoms with Crippen LogP contribution in [0.4, 0.5) is 0 Å². The molecule has 0 atom stereocenters. The number of thiocarbonyl (C=S) groups is 1. The summed E-state index contributed by atoms with van der Waals surface area (Å²) in [4.78, 5) is 1.01. The van der Waals surface area contributed by atoms with Crippen LogP contribution in [0.3, 0.4) is 0 Å². The fraction of sp³-hybridized carbons (Fsp3) is 0.500. The Morgan fingerprint density at radius 3 is 2.67 bits per heavy atom. The quantitative estimate of drug-likeness (QED) is 0.525. The molecule has 0 unspecified atom stereocenters. The van der Waals surface area contributed by atoms with Gasteiger partial charge in [-0.25, -0.2) is 0 Å². The van der Waals surface area contributed by atoms with Gasteiger partial charge in [-0.1, -0.05) is 26.1 Å². The molecule has 0 saturated carbocycles. The van der Waals surface area contributed by atoms with Crippen LogP contribution in [0, 0.1) is 12.8 Å². The lowest BCUT2D eigenvalue weighted by atomic mass is 10.0. The van der Waals surface area contributed by atoms with Crippen LogP contribution >= 0.6 is 12.2 Å². The zero-order valence-electron chi connectivity index (χ0n) is 7.76. The van der Waals surface area contributed by atoms with Gasteiger partial charge in [-0.15, -0.1) is 0 Å². The lowest BCUT2D eigenvalue weighted by Gasteiger charge is -2.04. The number of rotatable bonds is 3. The van der Waals surface area contributed by atoms with E-state index < -0.39 is 0 Å². The molecule has 0 amide bonds. The molecule has 66 valence electrons. The van der Waals surface area contributed by atoms with Gasteiger partial charge in [-0.3, -0.25) is 0 Å². The summed E-state index contributed by atoms with van der Waals surface area (Å²) in [7, 11) is 0. The van der Waals surface area contributed by atoms with Gasteiger partial charge in [0.15, 0.2) is 0 Å². The molecule has 0 aliphatic rings. The predicted molar refractivity (Wildman–Crippen MR) is 54.6 cm³/mol. The van der Waals surface area contributed by atoms with E-state index >= 15 is 0 Å². The van der Waals surface area contributed by atoms with Crippen LogP contribution in [0.2, 0.25) is 0 Å². The maximum Gasteiger partial charge on any atom is 0.108 e. The fourth-order valence-electron chi connectivity index (χ4n) is 1.15. The number of furan rings is 1. The Bertz CT molecular complexity index is 273. The second-order valence-electron chi connectivity index (χ2n) is 3.41. The van der Waals surface area contributed by atoms with Crippen LogP contribution < -0.4 is 0 Å². The summed E-state index contributed by atoms with van der Waals surface area (Å²) in [6.07, 6.45) is 2.66. The molecule has 0 spiro atoms.